The van der Waals surface area contributed by atoms with Gasteiger partial charge in [-0.1, -0.05) is 48.5 Å². The summed E-state index contributed by atoms with van der Waals surface area (Å²) in [6, 6.07) is 14.8. The van der Waals surface area contributed by atoms with E-state index in [4.69, 9.17) is 0 Å². The second-order valence-corrected chi connectivity index (χ2v) is 7.29. The summed E-state index contributed by atoms with van der Waals surface area (Å²) in [7, 11) is 0. The first-order valence-electron chi connectivity index (χ1n) is 10.0. The third kappa shape index (κ3) is 3.92. The van der Waals surface area contributed by atoms with Crippen LogP contribution in [0.4, 0.5) is 24.9 Å². The monoisotopic (exact) mass is 437 g/mol. The van der Waals surface area contributed by atoms with Crippen molar-refractivity contribution < 1.29 is 13.2 Å². The summed E-state index contributed by atoms with van der Waals surface area (Å²) >= 11 is 0. The van der Waals surface area contributed by atoms with Crippen LogP contribution in [0, 0.1) is 0 Å². The van der Waals surface area contributed by atoms with Crippen molar-refractivity contribution in [2.75, 3.05) is 11.9 Å². The van der Waals surface area contributed by atoms with Crippen molar-refractivity contribution in [3.63, 3.8) is 0 Å². The number of hydrogen-bond acceptors (Lipinski definition) is 6. The topological polar surface area (TPSA) is 91.4 Å². The number of aromatic nitrogens is 5. The number of H-pyrrole nitrogens is 1. The molecule has 7 nitrogen and oxygen atoms in total. The van der Waals surface area contributed by atoms with E-state index < -0.39 is 11.7 Å². The highest BCUT2D eigenvalue weighted by Crippen LogP contribution is 2.37. The van der Waals surface area contributed by atoms with Crippen molar-refractivity contribution in [3.8, 4) is 22.8 Å². The van der Waals surface area contributed by atoms with E-state index in [2.05, 4.69) is 35.8 Å². The molecule has 0 radical (unpaired) electrons. The molecule has 0 fully saturated rings. The Morgan fingerprint density at radius 3 is 2.50 bits per heavy atom. The van der Waals surface area contributed by atoms with Crippen molar-refractivity contribution in [1.29, 1.82) is 0 Å². The molecule has 2 aromatic carbocycles. The molecule has 3 N–H and O–H groups in total. The Hall–Kier alpha value is -3.79. The molecule has 32 heavy (non-hydrogen) atoms. The minimum Gasteiger partial charge on any atom is -0.312 e. The zero-order valence-electron chi connectivity index (χ0n) is 16.7. The van der Waals surface area contributed by atoms with Gasteiger partial charge in [0.1, 0.15) is 5.82 Å². The van der Waals surface area contributed by atoms with Crippen LogP contribution in [0.25, 0.3) is 22.8 Å². The first-order chi connectivity index (χ1) is 15.5. The Labute approximate surface area is 181 Å². The van der Waals surface area contributed by atoms with Gasteiger partial charge in [-0.05, 0) is 6.07 Å². The predicted octanol–water partition coefficient (Wildman–Crippen LogP) is 4.34. The van der Waals surface area contributed by atoms with Crippen LogP contribution < -0.4 is 10.6 Å². The molecule has 0 saturated heterocycles. The van der Waals surface area contributed by atoms with Gasteiger partial charge in [0, 0.05) is 36.2 Å². The summed E-state index contributed by atoms with van der Waals surface area (Å²) in [5.41, 5.74) is 1.51. The zero-order chi connectivity index (χ0) is 22.1. The number of nitrogens with one attached hydrogen (secondary N) is 3. The fourth-order valence-electron chi connectivity index (χ4n) is 3.64. The summed E-state index contributed by atoms with van der Waals surface area (Å²) < 4.78 is 40.7. The maximum absolute atomic E-state index is 13.6. The van der Waals surface area contributed by atoms with Crippen LogP contribution in [-0.2, 0) is 19.1 Å². The summed E-state index contributed by atoms with van der Waals surface area (Å²) in [6.45, 7) is 1.18. The second kappa shape index (κ2) is 8.04. The molecule has 10 heteroatoms. The smallest absolute Gasteiger partial charge is 0.312 e. The second-order valence-electron chi connectivity index (χ2n) is 7.29. The molecule has 4 aromatic rings. The van der Waals surface area contributed by atoms with E-state index in [0.29, 0.717) is 36.8 Å². The van der Waals surface area contributed by atoms with E-state index in [1.807, 2.05) is 30.3 Å². The first-order valence-corrected chi connectivity index (χ1v) is 10.0. The van der Waals surface area contributed by atoms with Gasteiger partial charge >= 0.3 is 6.18 Å². The van der Waals surface area contributed by atoms with E-state index in [0.717, 1.165) is 17.2 Å². The summed E-state index contributed by atoms with van der Waals surface area (Å²) in [6.07, 6.45) is -3.93. The van der Waals surface area contributed by atoms with Gasteiger partial charge in [0.2, 0.25) is 5.95 Å². The van der Waals surface area contributed by atoms with Gasteiger partial charge in [-0.2, -0.15) is 18.2 Å². The zero-order valence-corrected chi connectivity index (χ0v) is 16.7. The van der Waals surface area contributed by atoms with Crippen LogP contribution in [0.2, 0.25) is 0 Å². The van der Waals surface area contributed by atoms with Crippen molar-refractivity contribution >= 4 is 11.8 Å². The molecule has 1 aliphatic heterocycles. The van der Waals surface area contributed by atoms with E-state index in [1.165, 1.54) is 12.1 Å². The molecule has 0 atom stereocenters. The molecule has 0 spiro atoms. The molecule has 0 unspecified atom stereocenters. The number of nitrogens with zero attached hydrogens (tertiary/aromatic N) is 4. The lowest BCUT2D eigenvalue weighted by Gasteiger charge is -2.21. The van der Waals surface area contributed by atoms with Crippen LogP contribution in [0.5, 0.6) is 0 Å². The first kappa shape index (κ1) is 20.1. The fourth-order valence-corrected chi connectivity index (χ4v) is 3.64. The van der Waals surface area contributed by atoms with E-state index in [9.17, 15) is 13.2 Å². The molecule has 0 aliphatic carbocycles. The van der Waals surface area contributed by atoms with E-state index in [1.54, 1.807) is 6.07 Å². The number of aromatic amines is 1. The van der Waals surface area contributed by atoms with E-state index in [-0.39, 0.29) is 17.3 Å². The van der Waals surface area contributed by atoms with Crippen molar-refractivity contribution in [3.05, 3.63) is 71.4 Å². The number of hydrogen-bond donors (Lipinski definition) is 3. The Bertz CT molecular complexity index is 1250. The number of anilines is 2. The van der Waals surface area contributed by atoms with Gasteiger partial charge in [0.05, 0.1) is 11.3 Å². The number of fused-ring (bicyclic) bond motifs is 1. The average Bonchev–Trinajstić information content (AvgIpc) is 3.27. The quantitative estimate of drug-likeness (QED) is 0.440. The molecule has 0 bridgehead atoms. The highest BCUT2D eigenvalue weighted by Gasteiger charge is 2.34. The van der Waals surface area contributed by atoms with Crippen molar-refractivity contribution in [2.24, 2.45) is 0 Å². The summed E-state index contributed by atoms with van der Waals surface area (Å²) in [5, 5.41) is 13.4. The molecule has 2 aromatic heterocycles. The van der Waals surface area contributed by atoms with Crippen LogP contribution in [0.1, 0.15) is 16.8 Å². The maximum Gasteiger partial charge on any atom is 0.417 e. The molecule has 5 rings (SSSR count). The molecule has 1 aliphatic rings. The SMILES string of the molecule is FC(F)(F)c1ccccc1-c1nc2c(c(Nc3n[nH]c(-c4ccccc4)n3)n1)CNCC2. The lowest BCUT2D eigenvalue weighted by Crippen LogP contribution is -2.26. The molecule has 162 valence electrons. The summed E-state index contributed by atoms with van der Waals surface area (Å²) in [5.74, 6) is 1.23. The Morgan fingerprint density at radius 1 is 0.906 bits per heavy atom. The van der Waals surface area contributed by atoms with Gasteiger partial charge < -0.3 is 10.6 Å². The lowest BCUT2D eigenvalue weighted by molar-refractivity contribution is -0.137. The highest BCUT2D eigenvalue weighted by molar-refractivity contribution is 5.66. The van der Waals surface area contributed by atoms with Gasteiger partial charge in [-0.25, -0.2) is 9.97 Å². The molecular formula is C22H18F3N7. The number of benzene rings is 2. The molecule has 0 saturated carbocycles. The average molecular weight is 437 g/mol. The molecule has 3 heterocycles. The third-order valence-electron chi connectivity index (χ3n) is 5.17. The number of halogens is 3. The Balaban J connectivity index is 1.56. The van der Waals surface area contributed by atoms with Crippen LogP contribution in [0.3, 0.4) is 0 Å². The van der Waals surface area contributed by atoms with Gasteiger partial charge in [0.15, 0.2) is 11.6 Å². The maximum atomic E-state index is 13.6. The Kier molecular flexibility index (Phi) is 5.06. The van der Waals surface area contributed by atoms with Gasteiger partial charge in [0.25, 0.3) is 0 Å². The Morgan fingerprint density at radius 2 is 1.69 bits per heavy atom. The number of rotatable bonds is 4. The largest absolute Gasteiger partial charge is 0.417 e. The number of alkyl halides is 3. The van der Waals surface area contributed by atoms with Crippen LogP contribution >= 0.6 is 0 Å². The van der Waals surface area contributed by atoms with Crippen LogP contribution in [-0.4, -0.2) is 31.7 Å². The fraction of sp³-hybridized carbons (Fsp3) is 0.182. The van der Waals surface area contributed by atoms with Crippen molar-refractivity contribution in [2.45, 2.75) is 19.1 Å². The minimum atomic E-state index is -4.51. The minimum absolute atomic E-state index is 0.0138. The lowest BCUT2D eigenvalue weighted by atomic mass is 10.0. The standard InChI is InChI=1S/C22H18F3N7/c23-22(24,25)16-9-5-4-8-14(16)19-27-17-10-11-26-12-15(17)20(28-19)30-21-29-18(31-32-21)13-6-2-1-3-7-13/h1-9,26H,10-12H2,(H2,27,28,29,30,31,32). The van der Waals surface area contributed by atoms with E-state index >= 15 is 0 Å². The van der Waals surface area contributed by atoms with Gasteiger partial charge in [-0.3, -0.25) is 5.10 Å². The third-order valence-corrected chi connectivity index (χ3v) is 5.17. The normalized spacial score (nSPS) is 13.6. The molecule has 0 amide bonds. The molecular weight excluding hydrogens is 419 g/mol. The van der Waals surface area contributed by atoms with Crippen molar-refractivity contribution in [1.82, 2.24) is 30.5 Å². The predicted molar refractivity (Wildman–Crippen MR) is 113 cm³/mol. The van der Waals surface area contributed by atoms with Gasteiger partial charge in [-0.15, -0.1) is 5.10 Å². The summed E-state index contributed by atoms with van der Waals surface area (Å²) in [4.78, 5) is 13.4. The highest BCUT2D eigenvalue weighted by atomic mass is 19.4. The van der Waals surface area contributed by atoms with Crippen LogP contribution in [0.15, 0.2) is 54.6 Å².